The lowest BCUT2D eigenvalue weighted by atomic mass is 10.1. The second-order valence-electron chi connectivity index (χ2n) is 5.68. The molecule has 6 nitrogen and oxygen atoms in total. The van der Waals surface area contributed by atoms with Gasteiger partial charge in [-0.25, -0.2) is 8.42 Å². The molecule has 0 saturated carbocycles. The number of carbonyl (C=O) groups is 2. The van der Waals surface area contributed by atoms with Gasteiger partial charge in [0.1, 0.15) is 0 Å². The third kappa shape index (κ3) is 4.44. The van der Waals surface area contributed by atoms with E-state index in [9.17, 15) is 18.0 Å². The van der Waals surface area contributed by atoms with Gasteiger partial charge in [-0.15, -0.1) is 0 Å². The zero-order chi connectivity index (χ0) is 17.6. The fourth-order valence-corrected chi connectivity index (χ4v) is 4.49. The fraction of sp³-hybridized carbons (Fsp3) is 0.412. The molecule has 0 atom stereocenters. The van der Waals surface area contributed by atoms with Crippen molar-refractivity contribution in [3.8, 4) is 0 Å². The van der Waals surface area contributed by atoms with Crippen molar-refractivity contribution in [3.63, 3.8) is 0 Å². The van der Waals surface area contributed by atoms with E-state index in [0.717, 1.165) is 6.08 Å². The smallest absolute Gasteiger partial charge is 0.243 e. The van der Waals surface area contributed by atoms with Gasteiger partial charge in [0.25, 0.3) is 0 Å². The molecule has 0 aromatic heterocycles. The van der Waals surface area contributed by atoms with Crippen LogP contribution >= 0.6 is 0 Å². The number of rotatable bonds is 6. The highest BCUT2D eigenvalue weighted by atomic mass is 32.2. The Labute approximate surface area is 142 Å². The molecule has 1 N–H and O–H groups in total. The van der Waals surface area contributed by atoms with E-state index in [1.54, 1.807) is 35.2 Å². The Kier molecular flexibility index (Phi) is 6.14. The van der Waals surface area contributed by atoms with E-state index in [1.807, 2.05) is 0 Å². The molecule has 1 aromatic rings. The Morgan fingerprint density at radius 2 is 1.83 bits per heavy atom. The van der Waals surface area contributed by atoms with E-state index in [2.05, 4.69) is 11.9 Å². The molecule has 2 rings (SSSR count). The third-order valence-electron chi connectivity index (χ3n) is 4.13. The molecule has 0 spiro atoms. The quantitative estimate of drug-likeness (QED) is 0.780. The lowest BCUT2D eigenvalue weighted by Crippen LogP contribution is -2.43. The topological polar surface area (TPSA) is 83.6 Å². The molecule has 0 bridgehead atoms. The monoisotopic (exact) mass is 350 g/mol. The van der Waals surface area contributed by atoms with Crippen LogP contribution < -0.4 is 5.32 Å². The minimum absolute atomic E-state index is 0.0741. The molecule has 130 valence electrons. The van der Waals surface area contributed by atoms with Crippen molar-refractivity contribution in [1.82, 2.24) is 10.2 Å². The van der Waals surface area contributed by atoms with Crippen LogP contribution in [-0.4, -0.2) is 50.0 Å². The van der Waals surface area contributed by atoms with Crippen LogP contribution in [0.4, 0.5) is 0 Å². The van der Waals surface area contributed by atoms with Crippen molar-refractivity contribution < 1.29 is 18.0 Å². The maximum absolute atomic E-state index is 12.6. The maximum atomic E-state index is 12.6. The summed E-state index contributed by atoms with van der Waals surface area (Å²) in [4.78, 5) is 25.1. The van der Waals surface area contributed by atoms with Gasteiger partial charge < -0.3 is 10.2 Å². The minimum atomic E-state index is -3.35. The Hall–Kier alpha value is -2.15. The van der Waals surface area contributed by atoms with E-state index in [1.165, 1.54) is 0 Å². The standard InChI is InChI=1S/C17H22N2O4S/c1-2-16(20)18-11-8-17(21)19-12-9-15(10-13-19)24(22,23)14-6-4-3-5-7-14/h2-7,15H,1,8-13H2,(H,18,20). The van der Waals surface area contributed by atoms with Gasteiger partial charge in [-0.05, 0) is 31.1 Å². The molecule has 1 fully saturated rings. The van der Waals surface area contributed by atoms with Crippen LogP contribution in [0.3, 0.4) is 0 Å². The molecule has 0 unspecified atom stereocenters. The van der Waals surface area contributed by atoms with E-state index in [4.69, 9.17) is 0 Å². The van der Waals surface area contributed by atoms with Gasteiger partial charge in [-0.2, -0.15) is 0 Å². The Bertz CT molecular complexity index is 693. The summed E-state index contributed by atoms with van der Waals surface area (Å²) in [5.41, 5.74) is 0. The van der Waals surface area contributed by atoms with Gasteiger partial charge in [0.05, 0.1) is 10.1 Å². The SMILES string of the molecule is C=CC(=O)NCCC(=O)N1CCC(S(=O)(=O)c2ccccc2)CC1. The molecule has 1 heterocycles. The number of sulfone groups is 1. The molecule has 2 amide bonds. The summed E-state index contributed by atoms with van der Waals surface area (Å²) in [5.74, 6) is -0.384. The van der Waals surface area contributed by atoms with Crippen molar-refractivity contribution in [1.29, 1.82) is 0 Å². The minimum Gasteiger partial charge on any atom is -0.352 e. The van der Waals surface area contributed by atoms with Crippen LogP contribution in [0, 0.1) is 0 Å². The number of hydrogen-bond acceptors (Lipinski definition) is 4. The molecule has 7 heteroatoms. The number of hydrogen-bond donors (Lipinski definition) is 1. The molecule has 24 heavy (non-hydrogen) atoms. The first-order valence-corrected chi connectivity index (χ1v) is 9.47. The van der Waals surface area contributed by atoms with Gasteiger partial charge in [-0.3, -0.25) is 9.59 Å². The largest absolute Gasteiger partial charge is 0.352 e. The summed E-state index contributed by atoms with van der Waals surface area (Å²) in [7, 11) is -3.35. The molecular formula is C17H22N2O4S. The molecule has 1 aliphatic heterocycles. The van der Waals surface area contributed by atoms with Gasteiger partial charge in [-0.1, -0.05) is 24.8 Å². The average Bonchev–Trinajstić information content (AvgIpc) is 2.62. The molecular weight excluding hydrogens is 328 g/mol. The second kappa shape index (κ2) is 8.10. The van der Waals surface area contributed by atoms with Crippen LogP contribution in [0.5, 0.6) is 0 Å². The highest BCUT2D eigenvalue weighted by Crippen LogP contribution is 2.24. The summed E-state index contributed by atoms with van der Waals surface area (Å²) < 4.78 is 25.2. The summed E-state index contributed by atoms with van der Waals surface area (Å²) in [6.07, 6.45) is 2.23. The van der Waals surface area contributed by atoms with Gasteiger partial charge in [0, 0.05) is 26.1 Å². The first-order chi connectivity index (χ1) is 11.4. The lowest BCUT2D eigenvalue weighted by molar-refractivity contribution is -0.132. The van der Waals surface area contributed by atoms with Crippen molar-refractivity contribution in [2.24, 2.45) is 0 Å². The van der Waals surface area contributed by atoms with Crippen LogP contribution in [0.15, 0.2) is 47.9 Å². The van der Waals surface area contributed by atoms with E-state index in [0.29, 0.717) is 30.8 Å². The van der Waals surface area contributed by atoms with Crippen LogP contribution in [0.25, 0.3) is 0 Å². The van der Waals surface area contributed by atoms with Crippen molar-refractivity contribution >= 4 is 21.7 Å². The summed E-state index contributed by atoms with van der Waals surface area (Å²) in [6.45, 7) is 4.44. The summed E-state index contributed by atoms with van der Waals surface area (Å²) in [5, 5.41) is 2.10. The van der Waals surface area contributed by atoms with Crippen LogP contribution in [0.2, 0.25) is 0 Å². The van der Waals surface area contributed by atoms with Crippen molar-refractivity contribution in [2.45, 2.75) is 29.4 Å². The molecule has 1 aliphatic rings. The zero-order valence-electron chi connectivity index (χ0n) is 13.5. The number of likely N-dealkylation sites (tertiary alicyclic amines) is 1. The van der Waals surface area contributed by atoms with Gasteiger partial charge in [0.15, 0.2) is 9.84 Å². The van der Waals surface area contributed by atoms with Crippen molar-refractivity contribution in [2.75, 3.05) is 19.6 Å². The number of piperidine rings is 1. The first kappa shape index (κ1) is 18.2. The Morgan fingerprint density at radius 3 is 2.42 bits per heavy atom. The lowest BCUT2D eigenvalue weighted by Gasteiger charge is -2.31. The van der Waals surface area contributed by atoms with Gasteiger partial charge >= 0.3 is 0 Å². The van der Waals surface area contributed by atoms with Crippen LogP contribution in [-0.2, 0) is 19.4 Å². The number of benzene rings is 1. The maximum Gasteiger partial charge on any atom is 0.243 e. The van der Waals surface area contributed by atoms with Gasteiger partial charge in [0.2, 0.25) is 11.8 Å². The highest BCUT2D eigenvalue weighted by molar-refractivity contribution is 7.92. The molecule has 1 saturated heterocycles. The fourth-order valence-electron chi connectivity index (χ4n) is 2.74. The van der Waals surface area contributed by atoms with E-state index >= 15 is 0 Å². The predicted molar refractivity (Wildman–Crippen MR) is 91.1 cm³/mol. The van der Waals surface area contributed by atoms with Crippen LogP contribution in [0.1, 0.15) is 19.3 Å². The number of nitrogens with zero attached hydrogens (tertiary/aromatic N) is 1. The second-order valence-corrected chi connectivity index (χ2v) is 7.91. The zero-order valence-corrected chi connectivity index (χ0v) is 14.3. The average molecular weight is 350 g/mol. The van der Waals surface area contributed by atoms with E-state index < -0.39 is 15.1 Å². The Balaban J connectivity index is 1.86. The third-order valence-corrected chi connectivity index (χ3v) is 6.41. The Morgan fingerprint density at radius 1 is 1.21 bits per heavy atom. The summed E-state index contributed by atoms with van der Waals surface area (Å²) in [6, 6.07) is 8.42. The molecule has 0 aliphatic carbocycles. The highest BCUT2D eigenvalue weighted by Gasteiger charge is 2.32. The normalized spacial score (nSPS) is 15.8. The number of amides is 2. The van der Waals surface area contributed by atoms with E-state index in [-0.39, 0.29) is 24.8 Å². The number of nitrogens with one attached hydrogen (secondary N) is 1. The summed E-state index contributed by atoms with van der Waals surface area (Å²) >= 11 is 0. The molecule has 1 aromatic carbocycles. The molecule has 0 radical (unpaired) electrons. The number of carbonyl (C=O) groups excluding carboxylic acids is 2. The predicted octanol–water partition coefficient (Wildman–Crippen LogP) is 1.14. The first-order valence-electron chi connectivity index (χ1n) is 7.92. The van der Waals surface area contributed by atoms with Crippen molar-refractivity contribution in [3.05, 3.63) is 43.0 Å².